The van der Waals surface area contributed by atoms with Crippen molar-refractivity contribution in [3.63, 3.8) is 0 Å². The predicted octanol–water partition coefficient (Wildman–Crippen LogP) is -1.07. The third-order valence-corrected chi connectivity index (χ3v) is 2.25. The van der Waals surface area contributed by atoms with E-state index < -0.39 is 0 Å². The highest BCUT2D eigenvalue weighted by Crippen LogP contribution is 2.15. The van der Waals surface area contributed by atoms with Crippen molar-refractivity contribution in [2.45, 2.75) is 5.03 Å². The van der Waals surface area contributed by atoms with E-state index in [1.807, 2.05) is 0 Å². The molecule has 0 amide bonds. The minimum Gasteiger partial charge on any atom is -0.754 e. The fourth-order valence-electron chi connectivity index (χ4n) is 0.745. The predicted molar refractivity (Wildman–Crippen MR) is 51.8 cm³/mol. The largest absolute Gasteiger partial charge is 0.754 e. The number of nitrogens with two attached hydrogens (primary N) is 3. The molecule has 0 atom stereocenters. The Morgan fingerprint density at radius 3 is 2.77 bits per heavy atom. The second kappa shape index (κ2) is 4.15. The van der Waals surface area contributed by atoms with Crippen molar-refractivity contribution in [3.05, 3.63) is 11.3 Å². The molecule has 1 rings (SSSR count). The number of aromatic nitrogens is 2. The summed E-state index contributed by atoms with van der Waals surface area (Å²) in [6.07, 6.45) is 0. The second-order valence-corrected chi connectivity index (χ2v) is 3.42. The fourth-order valence-corrected chi connectivity index (χ4v) is 1.43. The van der Waals surface area contributed by atoms with Gasteiger partial charge in [0.2, 0.25) is 0 Å². The third-order valence-electron chi connectivity index (χ3n) is 1.31. The molecule has 0 unspecified atom stereocenters. The Balaban J connectivity index is 2.86. The minimum absolute atomic E-state index is 0.0482. The zero-order valence-electron chi connectivity index (χ0n) is 6.93. The smallest absolute Gasteiger partial charge is 0.345 e. The Labute approximate surface area is 79.7 Å². The van der Waals surface area contributed by atoms with Gasteiger partial charge in [-0.05, 0) is 0 Å². The van der Waals surface area contributed by atoms with E-state index in [4.69, 9.17) is 17.2 Å². The molecule has 0 bridgehead atoms. The molecule has 0 spiro atoms. The Bertz CT molecular complexity index is 282. The molecule has 0 aliphatic rings. The first kappa shape index (κ1) is 9.87. The molecule has 6 nitrogen and oxygen atoms in total. The summed E-state index contributed by atoms with van der Waals surface area (Å²) in [4.78, 5) is 3.83. The molecule has 0 saturated heterocycles. The van der Waals surface area contributed by atoms with Crippen LogP contribution in [0.3, 0.4) is 0 Å². The number of nitrogen functional groups attached to an aromatic ring is 2. The normalized spacial score (nSPS) is 10.2. The molecule has 0 radical (unpaired) electrons. The van der Waals surface area contributed by atoms with E-state index in [9.17, 15) is 5.21 Å². The van der Waals surface area contributed by atoms with Crippen molar-refractivity contribution < 1.29 is 4.73 Å². The lowest BCUT2D eigenvalue weighted by atomic mass is 10.6. The maximum absolute atomic E-state index is 11.0. The molecule has 0 saturated carbocycles. The van der Waals surface area contributed by atoms with Gasteiger partial charge in [-0.25, -0.2) is 4.73 Å². The Morgan fingerprint density at radius 2 is 2.23 bits per heavy atom. The number of hydrogen-bond acceptors (Lipinski definition) is 6. The monoisotopic (exact) mass is 201 g/mol. The number of thioether (sulfide) groups is 1. The van der Waals surface area contributed by atoms with Gasteiger partial charge in [0.1, 0.15) is 0 Å². The van der Waals surface area contributed by atoms with Crippen molar-refractivity contribution in [1.82, 2.24) is 4.98 Å². The van der Waals surface area contributed by atoms with Crippen LogP contribution in [0.25, 0.3) is 0 Å². The molecule has 72 valence electrons. The molecular formula is C6H11N5OS. The van der Waals surface area contributed by atoms with Crippen LogP contribution in [0.2, 0.25) is 0 Å². The van der Waals surface area contributed by atoms with Crippen LogP contribution in [-0.2, 0) is 0 Å². The van der Waals surface area contributed by atoms with Crippen molar-refractivity contribution in [2.75, 3.05) is 23.8 Å². The van der Waals surface area contributed by atoms with Gasteiger partial charge in [-0.3, -0.25) is 0 Å². The molecule has 1 heterocycles. The average Bonchev–Trinajstić information content (AvgIpc) is 2.10. The lowest BCUT2D eigenvalue weighted by Gasteiger charge is -2.09. The summed E-state index contributed by atoms with van der Waals surface area (Å²) in [7, 11) is 0. The highest BCUT2D eigenvalue weighted by molar-refractivity contribution is 7.99. The summed E-state index contributed by atoms with van der Waals surface area (Å²) in [6.45, 7) is 0.540. The summed E-state index contributed by atoms with van der Waals surface area (Å²) >= 11 is 1.41. The van der Waals surface area contributed by atoms with Crippen LogP contribution in [0.5, 0.6) is 0 Å². The fraction of sp³-hybridized carbons (Fsp3) is 0.333. The molecule has 1 aromatic rings. The Kier molecular flexibility index (Phi) is 3.15. The van der Waals surface area contributed by atoms with Crippen LogP contribution in [-0.4, -0.2) is 17.3 Å². The van der Waals surface area contributed by atoms with Gasteiger partial charge in [0.15, 0.2) is 10.8 Å². The molecule has 0 fully saturated rings. The second-order valence-electron chi connectivity index (χ2n) is 2.31. The lowest BCUT2D eigenvalue weighted by molar-refractivity contribution is -0.577. The van der Waals surface area contributed by atoms with Gasteiger partial charge in [-0.15, -0.1) is 4.98 Å². The van der Waals surface area contributed by atoms with E-state index in [0.29, 0.717) is 16.3 Å². The van der Waals surface area contributed by atoms with Gasteiger partial charge < -0.3 is 22.4 Å². The van der Waals surface area contributed by atoms with E-state index in [1.54, 1.807) is 0 Å². The van der Waals surface area contributed by atoms with Crippen LogP contribution in [0, 0.1) is 5.21 Å². The summed E-state index contributed by atoms with van der Waals surface area (Å²) in [5.41, 5.74) is 16.0. The van der Waals surface area contributed by atoms with Gasteiger partial charge >= 0.3 is 5.95 Å². The van der Waals surface area contributed by atoms with Crippen LogP contribution in [0.15, 0.2) is 11.1 Å². The first-order valence-corrected chi connectivity index (χ1v) is 4.62. The quantitative estimate of drug-likeness (QED) is 0.248. The van der Waals surface area contributed by atoms with Crippen molar-refractivity contribution in [1.29, 1.82) is 0 Å². The first-order valence-electron chi connectivity index (χ1n) is 3.63. The van der Waals surface area contributed by atoms with Crippen molar-refractivity contribution >= 4 is 23.5 Å². The highest BCUT2D eigenvalue weighted by atomic mass is 32.2. The Morgan fingerprint density at radius 1 is 1.54 bits per heavy atom. The number of rotatable bonds is 3. The summed E-state index contributed by atoms with van der Waals surface area (Å²) in [5.74, 6) is 0.626. The molecule has 0 aromatic carbocycles. The molecule has 1 aromatic heterocycles. The van der Waals surface area contributed by atoms with Crippen LogP contribution < -0.4 is 21.9 Å². The SMILES string of the molecule is NCCSc1cc(N)[n+]([O-])c(N)n1. The molecule has 0 aliphatic heterocycles. The zero-order valence-corrected chi connectivity index (χ0v) is 7.75. The molecule has 6 N–H and O–H groups in total. The molecule has 0 aliphatic carbocycles. The lowest BCUT2D eigenvalue weighted by Crippen LogP contribution is -2.35. The number of hydrogen-bond donors (Lipinski definition) is 3. The van der Waals surface area contributed by atoms with Gasteiger partial charge in [0.05, 0.1) is 0 Å². The standard InChI is InChI=1S/C6H11N5OS/c7-1-2-13-5-3-4(8)11(12)6(9)10-5/h3H,1-2,7-8H2,(H2,9,10). The first-order chi connectivity index (χ1) is 6.15. The van der Waals surface area contributed by atoms with E-state index in [-0.39, 0.29) is 11.8 Å². The number of nitrogens with zero attached hydrogens (tertiary/aromatic N) is 2. The minimum atomic E-state index is -0.139. The van der Waals surface area contributed by atoms with Crippen molar-refractivity contribution in [2.24, 2.45) is 5.73 Å². The van der Waals surface area contributed by atoms with E-state index >= 15 is 0 Å². The summed E-state index contributed by atoms with van der Waals surface area (Å²) < 4.78 is 0.381. The average molecular weight is 201 g/mol. The molecule has 7 heteroatoms. The highest BCUT2D eigenvalue weighted by Gasteiger charge is 2.07. The van der Waals surface area contributed by atoms with Gasteiger partial charge in [0.25, 0.3) is 0 Å². The van der Waals surface area contributed by atoms with E-state index in [1.165, 1.54) is 17.8 Å². The van der Waals surface area contributed by atoms with Crippen LogP contribution in [0.1, 0.15) is 0 Å². The molecule has 13 heavy (non-hydrogen) atoms. The number of anilines is 2. The molecular weight excluding hydrogens is 190 g/mol. The maximum atomic E-state index is 11.0. The summed E-state index contributed by atoms with van der Waals surface area (Å²) in [6, 6.07) is 1.48. The van der Waals surface area contributed by atoms with Crippen LogP contribution >= 0.6 is 11.8 Å². The van der Waals surface area contributed by atoms with Gasteiger partial charge in [-0.2, -0.15) is 0 Å². The third kappa shape index (κ3) is 2.36. The van der Waals surface area contributed by atoms with Crippen molar-refractivity contribution in [3.8, 4) is 0 Å². The maximum Gasteiger partial charge on any atom is 0.345 e. The Hall–Kier alpha value is -1.21. The topological polar surface area (TPSA) is 118 Å². The van der Waals surface area contributed by atoms with Gasteiger partial charge in [0, 0.05) is 18.4 Å². The zero-order chi connectivity index (χ0) is 9.84. The summed E-state index contributed by atoms with van der Waals surface area (Å²) in [5, 5.41) is 11.6. The van der Waals surface area contributed by atoms with E-state index in [0.717, 1.165) is 5.75 Å². The van der Waals surface area contributed by atoms with E-state index in [2.05, 4.69) is 4.98 Å². The van der Waals surface area contributed by atoms with Crippen LogP contribution in [0.4, 0.5) is 11.8 Å². The van der Waals surface area contributed by atoms with Gasteiger partial charge in [-0.1, -0.05) is 11.8 Å².